The summed E-state index contributed by atoms with van der Waals surface area (Å²) in [5.41, 5.74) is 0. The van der Waals surface area contributed by atoms with Gasteiger partial charge in [0.15, 0.2) is 0 Å². The maximum atomic E-state index is 11.0. The molecule has 0 aromatic carbocycles. The van der Waals surface area contributed by atoms with E-state index in [4.69, 9.17) is 11.6 Å². The molecule has 0 atom stereocenters. The van der Waals surface area contributed by atoms with Gasteiger partial charge in [-0.25, -0.2) is 0 Å². The highest BCUT2D eigenvalue weighted by Crippen LogP contribution is 1.91. The average molecular weight is 191 g/mol. The zero-order chi connectivity index (χ0) is 9.56. The molecule has 0 radical (unpaired) electrons. The van der Waals surface area contributed by atoms with Crippen LogP contribution in [0.15, 0.2) is 11.6 Å². The zero-order valence-electron chi connectivity index (χ0n) is 7.48. The lowest BCUT2D eigenvalue weighted by Gasteiger charge is -2.07. The van der Waals surface area contributed by atoms with Gasteiger partial charge in [0, 0.05) is 11.1 Å². The molecule has 12 heavy (non-hydrogen) atoms. The van der Waals surface area contributed by atoms with E-state index in [9.17, 15) is 4.79 Å². The smallest absolute Gasteiger partial charge is 0.234 e. The molecule has 0 aliphatic carbocycles. The molecule has 0 aromatic heterocycles. The van der Waals surface area contributed by atoms with Gasteiger partial charge in [0.2, 0.25) is 5.91 Å². The van der Waals surface area contributed by atoms with Gasteiger partial charge in [0.05, 0.1) is 13.1 Å². The van der Waals surface area contributed by atoms with Crippen molar-refractivity contribution in [1.82, 2.24) is 10.6 Å². The standard InChI is InChI=1S/C8H15ClN2O/c1-6(2)10-5-8(12)11-4-7(3)9/h6,10H,3-5H2,1-2H3,(H,11,12). The number of nitrogens with one attached hydrogen (secondary N) is 2. The number of hydrogen-bond donors (Lipinski definition) is 2. The summed E-state index contributed by atoms with van der Waals surface area (Å²) in [6, 6.07) is 0.315. The minimum atomic E-state index is -0.0644. The van der Waals surface area contributed by atoms with E-state index in [1.165, 1.54) is 0 Å². The quantitative estimate of drug-likeness (QED) is 0.675. The molecule has 3 nitrogen and oxygen atoms in total. The van der Waals surface area contributed by atoms with E-state index in [1.54, 1.807) is 0 Å². The van der Waals surface area contributed by atoms with E-state index >= 15 is 0 Å². The fraction of sp³-hybridized carbons (Fsp3) is 0.625. The van der Waals surface area contributed by atoms with Crippen LogP contribution < -0.4 is 10.6 Å². The van der Waals surface area contributed by atoms with Gasteiger partial charge in [-0.3, -0.25) is 4.79 Å². The number of carbonyl (C=O) groups is 1. The zero-order valence-corrected chi connectivity index (χ0v) is 8.24. The topological polar surface area (TPSA) is 41.1 Å². The van der Waals surface area contributed by atoms with Crippen LogP contribution in [0.2, 0.25) is 0 Å². The first kappa shape index (κ1) is 11.5. The van der Waals surface area contributed by atoms with E-state index < -0.39 is 0 Å². The highest BCUT2D eigenvalue weighted by molar-refractivity contribution is 6.29. The highest BCUT2D eigenvalue weighted by atomic mass is 35.5. The summed E-state index contributed by atoms with van der Waals surface area (Å²) < 4.78 is 0. The van der Waals surface area contributed by atoms with Crippen molar-refractivity contribution in [3.63, 3.8) is 0 Å². The van der Waals surface area contributed by atoms with Crippen LogP contribution in [0.25, 0.3) is 0 Å². The van der Waals surface area contributed by atoms with E-state index in [-0.39, 0.29) is 5.91 Å². The van der Waals surface area contributed by atoms with Gasteiger partial charge >= 0.3 is 0 Å². The van der Waals surface area contributed by atoms with Crippen molar-refractivity contribution in [2.45, 2.75) is 19.9 Å². The molecule has 0 bridgehead atoms. The molecule has 0 aliphatic rings. The molecule has 0 saturated heterocycles. The number of rotatable bonds is 5. The third kappa shape index (κ3) is 7.57. The minimum Gasteiger partial charge on any atom is -0.350 e. The third-order valence-corrected chi connectivity index (χ3v) is 1.28. The maximum Gasteiger partial charge on any atom is 0.234 e. The Morgan fingerprint density at radius 2 is 2.08 bits per heavy atom. The first-order valence-corrected chi connectivity index (χ1v) is 4.23. The van der Waals surface area contributed by atoms with E-state index in [0.717, 1.165) is 0 Å². The largest absolute Gasteiger partial charge is 0.350 e. The Morgan fingerprint density at radius 3 is 2.50 bits per heavy atom. The summed E-state index contributed by atoms with van der Waals surface area (Å²) in [6.45, 7) is 8.07. The highest BCUT2D eigenvalue weighted by Gasteiger charge is 2.00. The Hall–Kier alpha value is -0.540. The van der Waals surface area contributed by atoms with Gasteiger partial charge in [-0.05, 0) is 0 Å². The van der Waals surface area contributed by atoms with Crippen LogP contribution in [0.3, 0.4) is 0 Å². The Morgan fingerprint density at radius 1 is 1.50 bits per heavy atom. The molecule has 70 valence electrons. The second-order valence-corrected chi connectivity index (χ2v) is 3.36. The summed E-state index contributed by atoms with van der Waals surface area (Å²) in [6.07, 6.45) is 0. The molecule has 0 unspecified atom stereocenters. The van der Waals surface area contributed by atoms with Crippen LogP contribution >= 0.6 is 11.6 Å². The first-order chi connectivity index (χ1) is 5.52. The SMILES string of the molecule is C=C(Cl)CNC(=O)CNC(C)C. The van der Waals surface area contributed by atoms with Crippen LogP contribution in [0, 0.1) is 0 Å². The minimum absolute atomic E-state index is 0.0644. The van der Waals surface area contributed by atoms with Gasteiger partial charge in [-0.15, -0.1) is 0 Å². The predicted molar refractivity (Wildman–Crippen MR) is 51.1 cm³/mol. The Kier molecular flexibility index (Phi) is 5.76. The normalized spacial score (nSPS) is 10.0. The van der Waals surface area contributed by atoms with Crippen LogP contribution in [0.4, 0.5) is 0 Å². The van der Waals surface area contributed by atoms with Gasteiger partial charge in [0.1, 0.15) is 0 Å². The Balaban J connectivity index is 3.40. The Labute approximate surface area is 78.2 Å². The summed E-state index contributed by atoms with van der Waals surface area (Å²) in [5.74, 6) is -0.0644. The van der Waals surface area contributed by atoms with Crippen LogP contribution in [0.1, 0.15) is 13.8 Å². The molecule has 0 rings (SSSR count). The van der Waals surface area contributed by atoms with Crippen molar-refractivity contribution in [2.75, 3.05) is 13.1 Å². The van der Waals surface area contributed by atoms with Crippen LogP contribution in [-0.2, 0) is 4.79 Å². The Bertz CT molecular complexity index is 168. The molecule has 4 heteroatoms. The van der Waals surface area contributed by atoms with Gasteiger partial charge in [-0.2, -0.15) is 0 Å². The summed E-state index contributed by atoms with van der Waals surface area (Å²) in [4.78, 5) is 11.0. The molecule has 0 aromatic rings. The second kappa shape index (κ2) is 6.03. The second-order valence-electron chi connectivity index (χ2n) is 2.83. The van der Waals surface area contributed by atoms with Crippen molar-refractivity contribution < 1.29 is 4.79 Å². The van der Waals surface area contributed by atoms with Crippen LogP contribution in [-0.4, -0.2) is 25.0 Å². The van der Waals surface area contributed by atoms with Crippen molar-refractivity contribution in [2.24, 2.45) is 0 Å². The predicted octanol–water partition coefficient (Wildman–Crippen LogP) is 0.853. The molecule has 2 N–H and O–H groups in total. The van der Waals surface area contributed by atoms with Crippen molar-refractivity contribution >= 4 is 17.5 Å². The molecule has 0 aliphatic heterocycles. The summed E-state index contributed by atoms with van der Waals surface area (Å²) in [5, 5.41) is 6.03. The number of amides is 1. The number of carbonyl (C=O) groups excluding carboxylic acids is 1. The molecule has 0 fully saturated rings. The lowest BCUT2D eigenvalue weighted by molar-refractivity contribution is -0.120. The van der Waals surface area contributed by atoms with Crippen molar-refractivity contribution in [1.29, 1.82) is 0 Å². The number of halogens is 1. The molecular weight excluding hydrogens is 176 g/mol. The fourth-order valence-corrected chi connectivity index (χ4v) is 0.621. The number of hydrogen-bond acceptors (Lipinski definition) is 2. The van der Waals surface area contributed by atoms with Gasteiger partial charge < -0.3 is 10.6 Å². The lowest BCUT2D eigenvalue weighted by atomic mass is 10.4. The average Bonchev–Trinajstić information content (AvgIpc) is 1.96. The van der Waals surface area contributed by atoms with Gasteiger partial charge in [-0.1, -0.05) is 32.0 Å². The molecule has 0 heterocycles. The van der Waals surface area contributed by atoms with E-state index in [0.29, 0.717) is 24.2 Å². The molecular formula is C8H15ClN2O. The molecule has 0 saturated carbocycles. The fourth-order valence-electron chi connectivity index (χ4n) is 0.554. The van der Waals surface area contributed by atoms with Crippen molar-refractivity contribution in [3.05, 3.63) is 11.6 Å². The van der Waals surface area contributed by atoms with Crippen LogP contribution in [0.5, 0.6) is 0 Å². The summed E-state index contributed by atoms with van der Waals surface area (Å²) >= 11 is 5.45. The van der Waals surface area contributed by atoms with E-state index in [1.807, 2.05) is 13.8 Å². The van der Waals surface area contributed by atoms with Crippen molar-refractivity contribution in [3.8, 4) is 0 Å². The van der Waals surface area contributed by atoms with E-state index in [2.05, 4.69) is 17.2 Å². The third-order valence-electron chi connectivity index (χ3n) is 1.15. The maximum absolute atomic E-state index is 11.0. The molecule has 0 spiro atoms. The first-order valence-electron chi connectivity index (χ1n) is 3.85. The lowest BCUT2D eigenvalue weighted by Crippen LogP contribution is -2.37. The summed E-state index contributed by atoms with van der Waals surface area (Å²) in [7, 11) is 0. The molecule has 1 amide bonds. The van der Waals surface area contributed by atoms with Gasteiger partial charge in [0.25, 0.3) is 0 Å². The monoisotopic (exact) mass is 190 g/mol.